The van der Waals surface area contributed by atoms with Crippen molar-refractivity contribution in [2.24, 2.45) is 0 Å². The molecule has 0 aliphatic heterocycles. The van der Waals surface area contributed by atoms with Crippen molar-refractivity contribution in [2.45, 2.75) is 52.1 Å². The van der Waals surface area contributed by atoms with Crippen molar-refractivity contribution in [3.8, 4) is 5.75 Å². The average molecular weight is 265 g/mol. The summed E-state index contributed by atoms with van der Waals surface area (Å²) in [7, 11) is -0.757. The van der Waals surface area contributed by atoms with Gasteiger partial charge < -0.3 is 9.53 Å². The highest BCUT2D eigenvalue weighted by Gasteiger charge is 2.16. The number of hydrogen-bond donors (Lipinski definition) is 1. The first-order valence-electron chi connectivity index (χ1n) is 6.57. The summed E-state index contributed by atoms with van der Waals surface area (Å²) in [5.74, 6) is 1.01. The van der Waals surface area contributed by atoms with E-state index in [1.807, 2.05) is 0 Å². The molecule has 1 aromatic rings. The first kappa shape index (κ1) is 15.3. The van der Waals surface area contributed by atoms with Crippen molar-refractivity contribution in [2.75, 3.05) is 6.61 Å². The summed E-state index contributed by atoms with van der Waals surface area (Å²) in [6, 6.07) is 6.50. The van der Waals surface area contributed by atoms with Gasteiger partial charge in [-0.15, -0.1) is 0 Å². The van der Waals surface area contributed by atoms with Crippen LogP contribution < -0.4 is 4.43 Å². The molecule has 1 aromatic carbocycles. The minimum absolute atomic E-state index is 0.141. The predicted octanol–water partition coefficient (Wildman–Crippen LogP) is 3.54. The molecule has 0 fully saturated rings. The molecule has 0 spiro atoms. The SMILES string of the molecule is C[Si](C)Oc1cc(C(C)(C)C)ccc1CCCO. The van der Waals surface area contributed by atoms with Gasteiger partial charge in [-0.3, -0.25) is 0 Å². The number of aliphatic hydroxyl groups is 1. The molecular formula is C15H25O2Si. The van der Waals surface area contributed by atoms with E-state index < -0.39 is 9.04 Å². The zero-order chi connectivity index (χ0) is 13.8. The fraction of sp³-hybridized carbons (Fsp3) is 0.600. The quantitative estimate of drug-likeness (QED) is 0.825. The molecule has 0 bridgehead atoms. The Labute approximate surface area is 113 Å². The molecule has 0 amide bonds. The van der Waals surface area contributed by atoms with Gasteiger partial charge in [0.15, 0.2) is 0 Å². The van der Waals surface area contributed by atoms with Gasteiger partial charge in [0.2, 0.25) is 0 Å². The van der Waals surface area contributed by atoms with Gasteiger partial charge in [-0.2, -0.15) is 0 Å². The third-order valence-electron chi connectivity index (χ3n) is 2.85. The standard InChI is InChI=1S/C15H25O2Si/c1-15(2,3)13-9-8-12(7-6-10-16)14(11-13)17-18(4)5/h8-9,11,16H,6-7,10H2,1-5H3. The minimum atomic E-state index is -0.757. The molecular weight excluding hydrogens is 240 g/mol. The topological polar surface area (TPSA) is 29.5 Å². The summed E-state index contributed by atoms with van der Waals surface area (Å²) in [5.41, 5.74) is 2.65. The zero-order valence-electron chi connectivity index (χ0n) is 12.2. The van der Waals surface area contributed by atoms with E-state index in [0.29, 0.717) is 0 Å². The number of rotatable bonds is 5. The molecule has 0 aliphatic carbocycles. The van der Waals surface area contributed by atoms with E-state index in [9.17, 15) is 0 Å². The maximum absolute atomic E-state index is 8.95. The van der Waals surface area contributed by atoms with E-state index in [4.69, 9.17) is 9.53 Å². The molecule has 1 rings (SSSR count). The van der Waals surface area contributed by atoms with Gasteiger partial charge in [-0.1, -0.05) is 32.9 Å². The zero-order valence-corrected chi connectivity index (χ0v) is 13.2. The highest BCUT2D eigenvalue weighted by Crippen LogP contribution is 2.29. The van der Waals surface area contributed by atoms with Gasteiger partial charge in [0.1, 0.15) is 5.75 Å². The number of aryl methyl sites for hydroxylation is 1. The first-order valence-corrected chi connectivity index (χ1v) is 8.97. The smallest absolute Gasteiger partial charge is 0.274 e. The Morgan fingerprint density at radius 3 is 2.39 bits per heavy atom. The van der Waals surface area contributed by atoms with Crippen molar-refractivity contribution in [1.82, 2.24) is 0 Å². The molecule has 18 heavy (non-hydrogen) atoms. The van der Waals surface area contributed by atoms with Crippen LogP contribution in [0.4, 0.5) is 0 Å². The fourth-order valence-electron chi connectivity index (χ4n) is 1.81. The van der Waals surface area contributed by atoms with Crippen LogP contribution in [0.25, 0.3) is 0 Å². The van der Waals surface area contributed by atoms with Crippen LogP contribution in [0, 0.1) is 0 Å². The van der Waals surface area contributed by atoms with E-state index in [1.54, 1.807) is 0 Å². The molecule has 101 valence electrons. The van der Waals surface area contributed by atoms with Crippen molar-refractivity contribution < 1.29 is 9.53 Å². The summed E-state index contributed by atoms with van der Waals surface area (Å²) in [6.45, 7) is 11.2. The third kappa shape index (κ3) is 4.46. The van der Waals surface area contributed by atoms with Crippen LogP contribution in [0.3, 0.4) is 0 Å². The lowest BCUT2D eigenvalue weighted by molar-refractivity contribution is 0.288. The molecule has 0 atom stereocenters. The van der Waals surface area contributed by atoms with Crippen LogP contribution in [0.15, 0.2) is 18.2 Å². The Kier molecular flexibility index (Phi) is 5.41. The highest BCUT2D eigenvalue weighted by molar-refractivity contribution is 6.49. The minimum Gasteiger partial charge on any atom is -0.542 e. The van der Waals surface area contributed by atoms with Crippen LogP contribution in [-0.4, -0.2) is 20.8 Å². The average Bonchev–Trinajstić information content (AvgIpc) is 2.25. The van der Waals surface area contributed by atoms with E-state index in [0.717, 1.165) is 18.6 Å². The van der Waals surface area contributed by atoms with Gasteiger partial charge in [0.05, 0.1) is 0 Å². The maximum Gasteiger partial charge on any atom is 0.274 e. The molecule has 1 radical (unpaired) electrons. The summed E-state index contributed by atoms with van der Waals surface area (Å²) < 4.78 is 6.00. The molecule has 0 unspecified atom stereocenters. The third-order valence-corrected chi connectivity index (χ3v) is 3.48. The summed E-state index contributed by atoms with van der Waals surface area (Å²) in [6.07, 6.45) is 1.67. The molecule has 0 heterocycles. The monoisotopic (exact) mass is 265 g/mol. The van der Waals surface area contributed by atoms with Gasteiger partial charge in [0, 0.05) is 6.61 Å². The van der Waals surface area contributed by atoms with E-state index in [2.05, 4.69) is 52.1 Å². The first-order chi connectivity index (χ1) is 8.34. The van der Waals surface area contributed by atoms with E-state index in [-0.39, 0.29) is 12.0 Å². The lowest BCUT2D eigenvalue weighted by atomic mass is 9.86. The van der Waals surface area contributed by atoms with Crippen LogP contribution in [0.1, 0.15) is 38.3 Å². The van der Waals surface area contributed by atoms with Crippen LogP contribution in [0.5, 0.6) is 5.75 Å². The maximum atomic E-state index is 8.95. The van der Waals surface area contributed by atoms with E-state index in [1.165, 1.54) is 11.1 Å². The fourth-order valence-corrected chi connectivity index (χ4v) is 2.44. The summed E-state index contributed by atoms with van der Waals surface area (Å²) >= 11 is 0. The second-order valence-electron chi connectivity index (χ2n) is 5.91. The van der Waals surface area contributed by atoms with Gasteiger partial charge >= 0.3 is 0 Å². The number of benzene rings is 1. The van der Waals surface area contributed by atoms with Gasteiger partial charge in [0.25, 0.3) is 9.04 Å². The Hall–Kier alpha value is -0.803. The van der Waals surface area contributed by atoms with Crippen LogP contribution in [0.2, 0.25) is 13.1 Å². The Morgan fingerprint density at radius 2 is 1.89 bits per heavy atom. The molecule has 0 aliphatic rings. The van der Waals surface area contributed by atoms with Crippen molar-refractivity contribution in [3.05, 3.63) is 29.3 Å². The van der Waals surface area contributed by atoms with Crippen LogP contribution in [-0.2, 0) is 11.8 Å². The lowest BCUT2D eigenvalue weighted by Crippen LogP contribution is -2.15. The number of aliphatic hydroxyl groups excluding tert-OH is 1. The second kappa shape index (κ2) is 6.39. The highest BCUT2D eigenvalue weighted by atomic mass is 28.3. The van der Waals surface area contributed by atoms with Gasteiger partial charge in [-0.05, 0) is 48.5 Å². The molecule has 2 nitrogen and oxygen atoms in total. The van der Waals surface area contributed by atoms with E-state index >= 15 is 0 Å². The van der Waals surface area contributed by atoms with Crippen molar-refractivity contribution in [3.63, 3.8) is 0 Å². The molecule has 0 aromatic heterocycles. The molecule has 3 heteroatoms. The molecule has 1 N–H and O–H groups in total. The summed E-state index contributed by atoms with van der Waals surface area (Å²) in [5, 5.41) is 8.95. The Balaban J connectivity index is 3.04. The normalized spacial score (nSPS) is 11.9. The predicted molar refractivity (Wildman–Crippen MR) is 78.7 cm³/mol. The largest absolute Gasteiger partial charge is 0.542 e. The molecule has 0 saturated carbocycles. The van der Waals surface area contributed by atoms with Gasteiger partial charge in [-0.25, -0.2) is 0 Å². The van der Waals surface area contributed by atoms with Crippen molar-refractivity contribution in [1.29, 1.82) is 0 Å². The van der Waals surface area contributed by atoms with Crippen molar-refractivity contribution >= 4 is 9.04 Å². The second-order valence-corrected chi connectivity index (χ2v) is 7.93. The lowest BCUT2D eigenvalue weighted by Gasteiger charge is -2.22. The molecule has 0 saturated heterocycles. The number of hydrogen-bond acceptors (Lipinski definition) is 2. The Morgan fingerprint density at radius 1 is 1.22 bits per heavy atom. The Bertz CT molecular complexity index is 381. The van der Waals surface area contributed by atoms with Crippen LogP contribution >= 0.6 is 0 Å². The summed E-state index contributed by atoms with van der Waals surface area (Å²) in [4.78, 5) is 0.